The molecule has 2 aromatic heterocycles. The second kappa shape index (κ2) is 52.3. The van der Waals surface area contributed by atoms with Gasteiger partial charge in [0, 0.05) is 204 Å². The summed E-state index contributed by atoms with van der Waals surface area (Å²) in [5, 5.41) is 2.96. The number of hydrogen-bond donors (Lipinski definition) is 0. The minimum Gasteiger partial charge on any atom is -0.358 e. The Labute approximate surface area is 886 Å². The molecule has 17 heteroatoms. The van der Waals surface area contributed by atoms with Gasteiger partial charge in [-0.25, -0.2) is 0 Å². The van der Waals surface area contributed by atoms with Crippen LogP contribution in [0.3, 0.4) is 0 Å². The van der Waals surface area contributed by atoms with Crippen molar-refractivity contribution >= 4 is 71.9 Å². The van der Waals surface area contributed by atoms with Gasteiger partial charge in [0.1, 0.15) is 0 Å². The molecule has 6 aromatic rings. The van der Waals surface area contributed by atoms with Crippen LogP contribution < -0.4 is 9.80 Å². The van der Waals surface area contributed by atoms with E-state index >= 15 is 0 Å². The molecule has 8 atom stereocenters. The third-order valence-electron chi connectivity index (χ3n) is 33.2. The first-order valence-electron chi connectivity index (χ1n) is 56.2. The van der Waals surface area contributed by atoms with Crippen LogP contribution in [0.2, 0.25) is 0 Å². The summed E-state index contributed by atoms with van der Waals surface area (Å²) in [6, 6.07) is 35.6. The van der Waals surface area contributed by atoms with Gasteiger partial charge in [0.15, 0.2) is 0 Å². The summed E-state index contributed by atoms with van der Waals surface area (Å²) in [5.74, 6) is 6.19. The summed E-state index contributed by atoms with van der Waals surface area (Å²) in [6.07, 6.45) is 32.3. The minimum atomic E-state index is -0.131. The Morgan fingerprint density at radius 3 is 1.38 bits per heavy atom. The second-order valence-corrected chi connectivity index (χ2v) is 54.9. The number of piperidine rings is 5. The van der Waals surface area contributed by atoms with Gasteiger partial charge >= 0.3 is 0 Å². The van der Waals surface area contributed by atoms with E-state index in [-0.39, 0.29) is 72.3 Å². The van der Waals surface area contributed by atoms with E-state index in [0.717, 1.165) is 104 Å². The first-order chi connectivity index (χ1) is 65.1. The first kappa shape index (κ1) is 122. The van der Waals surface area contributed by atoms with Crippen LogP contribution in [0, 0.1) is 48.3 Å². The van der Waals surface area contributed by atoms with E-state index in [9.17, 15) is 14.4 Å². The second-order valence-electron chi connectivity index (χ2n) is 52.7. The monoisotopic (exact) mass is 2070 g/mol. The molecule has 2 bridgehead atoms. The number of benzene rings is 4. The topological polar surface area (TPSA) is 86.8 Å². The zero-order valence-corrected chi connectivity index (χ0v) is 99.9. The molecular formula is C124H208N11O3RhS2-. The number of anilines is 2. The average molecular weight is 2070 g/mol. The minimum absolute atomic E-state index is 0. The summed E-state index contributed by atoms with van der Waals surface area (Å²) in [5.41, 5.74) is 10.6. The number of thiophene rings is 2. The number of hydrogen-bond acceptors (Lipinski definition) is 13. The van der Waals surface area contributed by atoms with E-state index in [2.05, 4.69) is 288 Å². The number of amides is 3. The first-order valence-corrected chi connectivity index (χ1v) is 57.8. The van der Waals surface area contributed by atoms with Crippen LogP contribution in [0.4, 0.5) is 11.4 Å². The number of fused-ring (bicyclic) bond motifs is 13. The SMILES string of the molecule is CC.CC.CC(=O)N1CC2CC(C1)CN(C(C)(C)C)C2.CC(C)(C)N1C(=O)CCc2ccccc21.CC(C)(C)N1C(=O)Cc2ccccc21.CC(C)(C)N1CCC2CCCCC2C1.CC(C)(C)N1CCCC2CCCCC21.CC(C)(C)N1CCN2CCCC2C1.CC(C)(C)N1CCc2c(sc3ccccc23)C1.CC(C)(C)N1CCc2sc3ccccc3c2C1.CC1CCC2(CCN(C(C)(C)C)CC2)C1.[CH3-].[Rh]. The van der Waals surface area contributed by atoms with Crippen molar-refractivity contribution in [3.05, 3.63) is 136 Å². The number of carbonyl (C=O) groups is 3. The van der Waals surface area contributed by atoms with Gasteiger partial charge in [0.25, 0.3) is 0 Å². The van der Waals surface area contributed by atoms with Crippen LogP contribution >= 0.6 is 22.7 Å². The molecule has 14 nitrogen and oxygen atoms in total. The maximum absolute atomic E-state index is 11.9. The van der Waals surface area contributed by atoms with Crippen molar-refractivity contribution in [2.24, 2.45) is 40.9 Å². The number of para-hydroxylation sites is 2. The van der Waals surface area contributed by atoms with E-state index in [1.165, 1.54) is 233 Å². The predicted octanol–water partition coefficient (Wildman–Crippen LogP) is 29.3. The number of aryl methyl sites for hydroxylation is 1. The van der Waals surface area contributed by atoms with Gasteiger partial charge in [-0.3, -0.25) is 53.6 Å². The van der Waals surface area contributed by atoms with Crippen LogP contribution in [-0.4, -0.2) is 222 Å². The molecule has 20 rings (SSSR count). The maximum atomic E-state index is 11.9. The Hall–Kier alpha value is -4.49. The Morgan fingerprint density at radius 2 is 0.837 bits per heavy atom. The molecular weight excluding hydrogens is 1860 g/mol. The van der Waals surface area contributed by atoms with Crippen LogP contribution in [0.25, 0.3) is 20.2 Å². The van der Waals surface area contributed by atoms with Crippen LogP contribution in [0.15, 0.2) is 97.1 Å². The molecule has 1 spiro atoms. The molecule has 13 heterocycles. The van der Waals surface area contributed by atoms with Crippen LogP contribution in [0.5, 0.6) is 0 Å². The number of rotatable bonds is 0. The Balaban J connectivity index is 0.000000193. The number of nitrogens with zero attached hydrogens (tertiary/aromatic N) is 11. The standard InChI is InChI=1S/2C15H19NS.C14H27N.C13H24N2O.C13H17NO.2C13H25N.C12H15NO.C11H22N2.2C2H6.CH3.Rh/c1-15(2,3)16-9-8-14-12(10-16)11-6-4-5-7-13(11)17-14;1-15(2,3)16-9-8-12-11-6-4-5-7-13(11)17-14(12)10-16;1-12-5-6-14(11-12)7-9-15(10-8-14)13(2,3)4;1-10(16)14-6-11-5-12(7-14)9-15(8-11)13(2,3)4;1-13(2,3)14-11-7-5-4-6-10(11)8-9-12(14)15;1-13(2,3)14-10-6-8-11-7-4-5-9-12(11)14;1-13(2,3)14-9-8-11-6-4-5-7-12(11)10-14;1-12(2,3)13-10-7-5-4-6-9(10)8-11(13)14;1-11(2,3)13-8-7-12-6-4-5-10(12)9-13;2*1-2;;/h2*4-7H,8-10H2,1-3H3;12H,5-11H2,1-4H3;11-12H,5-9H2,1-4H3;4-7H,8-9H2,1-3H3;2*11-12H,4-10H2,1-3H3;4-7H,8H2,1-3H3;10H,4-9H2,1-3H3;2*1-2H3;1H3;/q;;;;;;;;;;;-1;. The zero-order valence-electron chi connectivity index (χ0n) is 96.6. The van der Waals surface area contributed by atoms with E-state index in [1.807, 2.05) is 108 Å². The van der Waals surface area contributed by atoms with Crippen LogP contribution in [0.1, 0.15) is 389 Å². The van der Waals surface area contributed by atoms with Gasteiger partial charge in [0.05, 0.1) is 6.42 Å². The molecule has 11 aliphatic heterocycles. The van der Waals surface area contributed by atoms with E-state index in [4.69, 9.17) is 0 Å². The van der Waals surface area contributed by atoms with Crippen molar-refractivity contribution in [3.63, 3.8) is 0 Å². The molecule has 8 unspecified atom stereocenters. The summed E-state index contributed by atoms with van der Waals surface area (Å²) >= 11 is 3.96. The number of carbonyl (C=O) groups excluding carboxylic acids is 3. The van der Waals surface area contributed by atoms with Gasteiger partial charge in [0.2, 0.25) is 17.7 Å². The third kappa shape index (κ3) is 33.8. The summed E-state index contributed by atoms with van der Waals surface area (Å²) in [6.45, 7) is 94.3. The van der Waals surface area contributed by atoms with Crippen molar-refractivity contribution in [1.29, 1.82) is 0 Å². The fourth-order valence-electron chi connectivity index (χ4n) is 25.3. The quantitative estimate of drug-likeness (QED) is 0.108. The molecule has 10 fully saturated rings. The third-order valence-corrected chi connectivity index (χ3v) is 35.7. The van der Waals surface area contributed by atoms with Gasteiger partial charge in [-0.15, -0.1) is 22.7 Å². The van der Waals surface area contributed by atoms with Crippen molar-refractivity contribution in [3.8, 4) is 0 Å². The van der Waals surface area contributed by atoms with E-state index in [1.54, 1.807) is 27.8 Å². The summed E-state index contributed by atoms with van der Waals surface area (Å²) < 4.78 is 2.90. The molecule has 141 heavy (non-hydrogen) atoms. The molecule has 0 N–H and O–H groups in total. The fraction of sp³-hybridized carbons (Fsp3) is 0.742. The largest absolute Gasteiger partial charge is 0.358 e. The van der Waals surface area contributed by atoms with Gasteiger partial charge in [-0.1, -0.05) is 146 Å². The van der Waals surface area contributed by atoms with Gasteiger partial charge < -0.3 is 22.1 Å². The van der Waals surface area contributed by atoms with Crippen LogP contribution in [-0.2, 0) is 72.6 Å². The van der Waals surface area contributed by atoms with Gasteiger partial charge in [-0.05, 0) is 421 Å². The molecule has 1 radical (unpaired) electrons. The van der Waals surface area contributed by atoms with E-state index in [0.29, 0.717) is 46.8 Å². The van der Waals surface area contributed by atoms with Crippen molar-refractivity contribution in [1.82, 2.24) is 44.1 Å². The summed E-state index contributed by atoms with van der Waals surface area (Å²) in [4.78, 5) is 65.4. The number of likely N-dealkylation sites (tertiary alicyclic amines) is 5. The fourth-order valence-corrected chi connectivity index (χ4v) is 27.8. The molecule has 3 amide bonds. The average Bonchev–Trinajstić information content (AvgIpc) is 1.65. The maximum Gasteiger partial charge on any atom is 0.231 e. The molecule has 14 aliphatic rings. The zero-order chi connectivity index (χ0) is 102. The van der Waals surface area contributed by atoms with Crippen molar-refractivity contribution in [2.75, 3.05) is 108 Å². The molecule has 4 aromatic carbocycles. The number of piperazine rings is 1. The normalized spacial score (nSPS) is 24.6. The van der Waals surface area contributed by atoms with E-state index < -0.39 is 0 Å². The molecule has 3 aliphatic carbocycles. The molecule has 7 saturated heterocycles. The Bertz CT molecular complexity index is 4760. The molecule has 3 saturated carbocycles. The molecule has 799 valence electrons. The summed E-state index contributed by atoms with van der Waals surface area (Å²) in [7, 11) is 0. The Kier molecular flexibility index (Phi) is 45.2. The predicted molar refractivity (Wildman–Crippen MR) is 610 cm³/mol. The van der Waals surface area contributed by atoms with Crippen molar-refractivity contribution < 1.29 is 33.9 Å². The van der Waals surface area contributed by atoms with Gasteiger partial charge in [-0.2, -0.15) is 0 Å². The smallest absolute Gasteiger partial charge is 0.231 e. The Morgan fingerprint density at radius 1 is 0.369 bits per heavy atom. The van der Waals surface area contributed by atoms with Crippen molar-refractivity contribution in [2.45, 2.75) is 458 Å².